The number of carbonyl (C=O) groups excluding carboxylic acids is 1. The zero-order valence-corrected chi connectivity index (χ0v) is 14.7. The van der Waals surface area contributed by atoms with E-state index in [2.05, 4.69) is 5.92 Å². The van der Waals surface area contributed by atoms with Gasteiger partial charge in [0.25, 0.3) is 0 Å². The quantitative estimate of drug-likeness (QED) is 0.536. The Balaban J connectivity index is 2.41. The number of terminal acetylenes is 1. The molecule has 3 heteroatoms. The van der Waals surface area contributed by atoms with Gasteiger partial charge in [-0.25, -0.2) is 4.79 Å². The van der Waals surface area contributed by atoms with E-state index < -0.39 is 18.2 Å². The van der Waals surface area contributed by atoms with E-state index in [1.54, 1.807) is 0 Å². The molecule has 0 amide bonds. The van der Waals surface area contributed by atoms with Gasteiger partial charge in [0.15, 0.2) is 12.2 Å². The van der Waals surface area contributed by atoms with Crippen molar-refractivity contribution < 1.29 is 14.3 Å². The SMILES string of the molecule is C#CC(CC)OC(=O)C(OCC)C(c1ccccc1)c1ccccc1. The first kappa shape index (κ1) is 18.8. The highest BCUT2D eigenvalue weighted by atomic mass is 16.6. The minimum Gasteiger partial charge on any atom is -0.447 e. The summed E-state index contributed by atoms with van der Waals surface area (Å²) in [6, 6.07) is 19.7. The van der Waals surface area contributed by atoms with Gasteiger partial charge in [-0.2, -0.15) is 0 Å². The van der Waals surface area contributed by atoms with E-state index in [-0.39, 0.29) is 5.92 Å². The van der Waals surface area contributed by atoms with Crippen molar-refractivity contribution in [2.24, 2.45) is 0 Å². The standard InChI is InChI=1S/C22H24O3/c1-4-19(5-2)25-22(23)21(24-6-3)20(17-13-9-7-10-14-17)18-15-11-8-12-16-18/h1,7-16,19-21H,5-6H2,2-3H3. The smallest absolute Gasteiger partial charge is 0.337 e. The van der Waals surface area contributed by atoms with Gasteiger partial charge >= 0.3 is 5.97 Å². The fourth-order valence-electron chi connectivity index (χ4n) is 2.79. The molecule has 0 aromatic heterocycles. The number of hydrogen-bond donors (Lipinski definition) is 0. The van der Waals surface area contributed by atoms with Crippen LogP contribution in [0.5, 0.6) is 0 Å². The molecule has 0 heterocycles. The third-order valence-electron chi connectivity index (χ3n) is 4.01. The molecule has 2 unspecified atom stereocenters. The van der Waals surface area contributed by atoms with E-state index >= 15 is 0 Å². The lowest BCUT2D eigenvalue weighted by Crippen LogP contribution is -2.35. The topological polar surface area (TPSA) is 35.5 Å². The average molecular weight is 336 g/mol. The highest BCUT2D eigenvalue weighted by molar-refractivity contribution is 5.77. The van der Waals surface area contributed by atoms with Crippen LogP contribution in [0.15, 0.2) is 60.7 Å². The summed E-state index contributed by atoms with van der Waals surface area (Å²) in [4.78, 5) is 12.8. The Morgan fingerprint density at radius 2 is 1.52 bits per heavy atom. The molecule has 0 N–H and O–H groups in total. The molecular weight excluding hydrogens is 312 g/mol. The number of ether oxygens (including phenoxy) is 2. The molecule has 0 spiro atoms. The fourth-order valence-corrected chi connectivity index (χ4v) is 2.79. The van der Waals surface area contributed by atoms with Crippen molar-refractivity contribution in [1.82, 2.24) is 0 Å². The summed E-state index contributed by atoms with van der Waals surface area (Å²) in [6.07, 6.45) is 4.72. The molecule has 2 atom stereocenters. The van der Waals surface area contributed by atoms with Crippen LogP contribution in [0.4, 0.5) is 0 Å². The van der Waals surface area contributed by atoms with E-state index in [1.165, 1.54) is 0 Å². The summed E-state index contributed by atoms with van der Waals surface area (Å²) in [5.74, 6) is 1.81. The Morgan fingerprint density at radius 3 is 1.92 bits per heavy atom. The zero-order valence-electron chi connectivity index (χ0n) is 14.7. The van der Waals surface area contributed by atoms with Gasteiger partial charge in [0.05, 0.1) is 0 Å². The van der Waals surface area contributed by atoms with Gasteiger partial charge in [-0.05, 0) is 24.5 Å². The molecule has 0 radical (unpaired) electrons. The number of carbonyl (C=O) groups is 1. The second kappa shape index (κ2) is 9.66. The predicted octanol–water partition coefficient (Wildman–Crippen LogP) is 4.18. The van der Waals surface area contributed by atoms with E-state index in [0.717, 1.165) is 11.1 Å². The Bertz CT molecular complexity index is 649. The first-order valence-corrected chi connectivity index (χ1v) is 8.59. The van der Waals surface area contributed by atoms with Crippen molar-refractivity contribution >= 4 is 5.97 Å². The fraction of sp³-hybridized carbons (Fsp3) is 0.318. The molecule has 25 heavy (non-hydrogen) atoms. The lowest BCUT2D eigenvalue weighted by atomic mass is 9.86. The van der Waals surface area contributed by atoms with Gasteiger partial charge in [0.1, 0.15) is 0 Å². The largest absolute Gasteiger partial charge is 0.447 e. The molecule has 0 aliphatic heterocycles. The highest BCUT2D eigenvalue weighted by Crippen LogP contribution is 2.31. The zero-order chi connectivity index (χ0) is 18.1. The third-order valence-corrected chi connectivity index (χ3v) is 4.01. The minimum absolute atomic E-state index is 0.259. The maximum Gasteiger partial charge on any atom is 0.337 e. The van der Waals surface area contributed by atoms with Crippen LogP contribution in [-0.4, -0.2) is 24.8 Å². The van der Waals surface area contributed by atoms with E-state index in [0.29, 0.717) is 13.0 Å². The van der Waals surface area contributed by atoms with Crippen molar-refractivity contribution in [1.29, 1.82) is 0 Å². The summed E-state index contributed by atoms with van der Waals surface area (Å²) < 4.78 is 11.3. The second-order valence-electron chi connectivity index (χ2n) is 5.68. The predicted molar refractivity (Wildman–Crippen MR) is 99.1 cm³/mol. The average Bonchev–Trinajstić information content (AvgIpc) is 2.67. The van der Waals surface area contributed by atoms with Crippen molar-refractivity contribution in [2.45, 2.75) is 38.4 Å². The van der Waals surface area contributed by atoms with Crippen LogP contribution >= 0.6 is 0 Å². The van der Waals surface area contributed by atoms with E-state index in [9.17, 15) is 4.79 Å². The maximum atomic E-state index is 12.8. The number of rotatable bonds is 8. The molecule has 2 aromatic carbocycles. The Morgan fingerprint density at radius 1 is 1.00 bits per heavy atom. The lowest BCUT2D eigenvalue weighted by Gasteiger charge is -2.27. The highest BCUT2D eigenvalue weighted by Gasteiger charge is 2.33. The summed E-state index contributed by atoms with van der Waals surface area (Å²) in [5, 5.41) is 0. The first-order valence-electron chi connectivity index (χ1n) is 8.59. The van der Waals surface area contributed by atoms with Gasteiger partial charge in [0, 0.05) is 12.5 Å². The van der Waals surface area contributed by atoms with Crippen LogP contribution in [0.3, 0.4) is 0 Å². The monoisotopic (exact) mass is 336 g/mol. The number of hydrogen-bond acceptors (Lipinski definition) is 3. The summed E-state index contributed by atoms with van der Waals surface area (Å²) in [6.45, 7) is 4.16. The first-order chi connectivity index (χ1) is 12.2. The van der Waals surface area contributed by atoms with Gasteiger partial charge in [0.2, 0.25) is 0 Å². The van der Waals surface area contributed by atoms with Crippen molar-refractivity contribution in [2.75, 3.05) is 6.61 Å². The summed E-state index contributed by atoms with van der Waals surface area (Å²) in [7, 11) is 0. The molecule has 0 aliphatic carbocycles. The van der Waals surface area contributed by atoms with Crippen molar-refractivity contribution in [3.05, 3.63) is 71.8 Å². The van der Waals surface area contributed by atoms with Crippen LogP contribution < -0.4 is 0 Å². The maximum absolute atomic E-state index is 12.8. The molecule has 0 saturated heterocycles. The van der Waals surface area contributed by atoms with Gasteiger partial charge in [-0.15, -0.1) is 6.42 Å². The molecule has 0 aliphatic rings. The van der Waals surface area contributed by atoms with E-state index in [4.69, 9.17) is 15.9 Å². The lowest BCUT2D eigenvalue weighted by molar-refractivity contribution is -0.161. The molecule has 0 bridgehead atoms. The van der Waals surface area contributed by atoms with Crippen LogP contribution in [0, 0.1) is 12.3 Å². The molecule has 2 aromatic rings. The Labute approximate surface area is 150 Å². The molecule has 0 fully saturated rings. The van der Waals surface area contributed by atoms with Crippen molar-refractivity contribution in [3.63, 3.8) is 0 Å². The molecule has 130 valence electrons. The van der Waals surface area contributed by atoms with Crippen LogP contribution in [-0.2, 0) is 14.3 Å². The van der Waals surface area contributed by atoms with Crippen molar-refractivity contribution in [3.8, 4) is 12.3 Å². The molecule has 2 rings (SSSR count). The van der Waals surface area contributed by atoms with E-state index in [1.807, 2.05) is 74.5 Å². The summed E-state index contributed by atoms with van der Waals surface area (Å²) >= 11 is 0. The minimum atomic E-state index is -0.753. The Hall–Kier alpha value is -2.57. The molecule has 3 nitrogen and oxygen atoms in total. The number of esters is 1. The van der Waals surface area contributed by atoms with Gasteiger partial charge in [-0.1, -0.05) is 73.5 Å². The Kier molecular flexibility index (Phi) is 7.25. The normalized spacial score (nSPS) is 13.0. The number of benzene rings is 2. The van der Waals surface area contributed by atoms with Crippen LogP contribution in [0.2, 0.25) is 0 Å². The van der Waals surface area contributed by atoms with Crippen LogP contribution in [0.25, 0.3) is 0 Å². The molecule has 0 saturated carbocycles. The summed E-state index contributed by atoms with van der Waals surface area (Å²) in [5.41, 5.74) is 2.00. The van der Waals surface area contributed by atoms with Crippen LogP contribution in [0.1, 0.15) is 37.3 Å². The molecular formula is C22H24O3. The van der Waals surface area contributed by atoms with Gasteiger partial charge in [-0.3, -0.25) is 0 Å². The third kappa shape index (κ3) is 4.95. The second-order valence-corrected chi connectivity index (χ2v) is 5.68. The van der Waals surface area contributed by atoms with Gasteiger partial charge < -0.3 is 9.47 Å².